The highest BCUT2D eigenvalue weighted by Gasteiger charge is 2.45. The highest BCUT2D eigenvalue weighted by molar-refractivity contribution is 7.80. The summed E-state index contributed by atoms with van der Waals surface area (Å²) < 4.78 is 10.9. The third-order valence-corrected chi connectivity index (χ3v) is 4.05. The quantitative estimate of drug-likeness (QED) is 0.194. The maximum absolute atomic E-state index is 11.5. The van der Waals surface area contributed by atoms with E-state index in [0.717, 1.165) is 0 Å². The number of ether oxygens (including phenoxy) is 2. The Morgan fingerprint density at radius 3 is 2.56 bits per heavy atom. The van der Waals surface area contributed by atoms with E-state index >= 15 is 0 Å². The molecule has 146 valence electrons. The summed E-state index contributed by atoms with van der Waals surface area (Å²) >= 11 is 4.04. The van der Waals surface area contributed by atoms with Gasteiger partial charge in [0.25, 0.3) is 0 Å². The Labute approximate surface area is 152 Å². The van der Waals surface area contributed by atoms with Gasteiger partial charge in [-0.2, -0.15) is 12.6 Å². The fraction of sp³-hybridized carbons (Fsp3) is 0.867. The molecule has 0 spiro atoms. The van der Waals surface area contributed by atoms with E-state index in [1.54, 1.807) is 0 Å². The van der Waals surface area contributed by atoms with E-state index in [4.69, 9.17) is 9.47 Å². The van der Waals surface area contributed by atoms with Gasteiger partial charge in [-0.25, -0.2) is 0 Å². The maximum atomic E-state index is 11.5. The van der Waals surface area contributed by atoms with Crippen LogP contribution in [0.4, 0.5) is 0 Å². The number of aliphatic hydroxyl groups excluding tert-OH is 3. The molecule has 0 aromatic rings. The summed E-state index contributed by atoms with van der Waals surface area (Å²) in [6, 6.07) is -0.958. The molecule has 25 heavy (non-hydrogen) atoms. The molecular formula is C15H28N2O7S. The lowest BCUT2D eigenvalue weighted by atomic mass is 9.97. The molecule has 5 N–H and O–H groups in total. The number of amides is 2. The summed E-state index contributed by atoms with van der Waals surface area (Å²) in [4.78, 5) is 22.7. The van der Waals surface area contributed by atoms with E-state index in [-0.39, 0.29) is 12.5 Å². The third kappa shape index (κ3) is 7.47. The molecule has 1 saturated heterocycles. The molecule has 1 aliphatic rings. The van der Waals surface area contributed by atoms with Crippen molar-refractivity contribution in [3.05, 3.63) is 0 Å². The second kappa shape index (κ2) is 11.7. The van der Waals surface area contributed by atoms with Gasteiger partial charge in [0, 0.05) is 19.9 Å². The minimum Gasteiger partial charge on any atom is -0.394 e. The van der Waals surface area contributed by atoms with E-state index in [2.05, 4.69) is 23.3 Å². The Bertz CT molecular complexity index is 427. The summed E-state index contributed by atoms with van der Waals surface area (Å²) in [5.41, 5.74) is 0. The molecule has 0 saturated carbocycles. The molecule has 1 fully saturated rings. The monoisotopic (exact) mass is 380 g/mol. The van der Waals surface area contributed by atoms with E-state index in [1.165, 1.54) is 6.92 Å². The lowest BCUT2D eigenvalue weighted by Crippen LogP contribution is -2.64. The minimum absolute atomic E-state index is 0.0574. The number of hydrogen-bond donors (Lipinski definition) is 6. The van der Waals surface area contributed by atoms with Crippen LogP contribution in [0.1, 0.15) is 26.2 Å². The van der Waals surface area contributed by atoms with Crippen molar-refractivity contribution in [2.75, 3.05) is 25.5 Å². The predicted molar refractivity (Wildman–Crippen MR) is 92.0 cm³/mol. The first-order valence-corrected chi connectivity index (χ1v) is 8.92. The van der Waals surface area contributed by atoms with Crippen molar-refractivity contribution in [2.45, 2.75) is 56.8 Å². The largest absolute Gasteiger partial charge is 0.394 e. The molecule has 0 aromatic carbocycles. The van der Waals surface area contributed by atoms with E-state index in [9.17, 15) is 24.9 Å². The van der Waals surface area contributed by atoms with Gasteiger partial charge >= 0.3 is 0 Å². The molecule has 5 unspecified atom stereocenters. The maximum Gasteiger partial charge on any atom is 0.220 e. The number of hydrogen-bond acceptors (Lipinski definition) is 8. The van der Waals surface area contributed by atoms with Crippen LogP contribution >= 0.6 is 12.6 Å². The molecule has 0 aromatic heterocycles. The lowest BCUT2D eigenvalue weighted by Gasteiger charge is -2.42. The minimum atomic E-state index is -1.34. The van der Waals surface area contributed by atoms with Crippen molar-refractivity contribution in [2.24, 2.45) is 0 Å². The average Bonchev–Trinajstić information content (AvgIpc) is 2.58. The van der Waals surface area contributed by atoms with Crippen molar-refractivity contribution in [3.63, 3.8) is 0 Å². The molecular weight excluding hydrogens is 352 g/mol. The topological polar surface area (TPSA) is 137 Å². The van der Waals surface area contributed by atoms with Crippen molar-refractivity contribution in [1.29, 1.82) is 0 Å². The molecule has 0 radical (unpaired) electrons. The van der Waals surface area contributed by atoms with Crippen LogP contribution in [0.25, 0.3) is 0 Å². The fourth-order valence-electron chi connectivity index (χ4n) is 2.44. The van der Waals surface area contributed by atoms with Gasteiger partial charge in [0.2, 0.25) is 11.8 Å². The van der Waals surface area contributed by atoms with Gasteiger partial charge in [0.05, 0.1) is 13.2 Å². The highest BCUT2D eigenvalue weighted by Crippen LogP contribution is 2.22. The smallest absolute Gasteiger partial charge is 0.220 e. The number of carbonyl (C=O) groups excluding carboxylic acids is 2. The second-order valence-corrected chi connectivity index (χ2v) is 6.28. The number of thiol groups is 1. The third-order valence-electron chi connectivity index (χ3n) is 3.74. The normalized spacial score (nSPS) is 29.2. The Morgan fingerprint density at radius 1 is 1.24 bits per heavy atom. The van der Waals surface area contributed by atoms with Crippen LogP contribution in [0.3, 0.4) is 0 Å². The Hall–Kier alpha value is -0.910. The molecule has 1 aliphatic heterocycles. The first-order valence-electron chi connectivity index (χ1n) is 8.29. The first-order chi connectivity index (χ1) is 11.9. The van der Waals surface area contributed by atoms with Crippen LogP contribution in [0.5, 0.6) is 0 Å². The molecule has 10 heteroatoms. The standard InChI is InChI=1S/C15H28N2O7S/c1-9(19)17-12-14(22)13(21)10(8-18)24-15(12)23-6-3-5-16-11(20)4-2-7-25/h10,12-15,18,21-22,25H,2-8H2,1H3,(H,16,20)(H,17,19). The van der Waals surface area contributed by atoms with Crippen LogP contribution in [-0.2, 0) is 19.1 Å². The van der Waals surface area contributed by atoms with E-state index in [0.29, 0.717) is 31.6 Å². The van der Waals surface area contributed by atoms with Crippen molar-refractivity contribution in [3.8, 4) is 0 Å². The van der Waals surface area contributed by atoms with Crippen LogP contribution in [0, 0.1) is 0 Å². The van der Waals surface area contributed by atoms with Crippen molar-refractivity contribution in [1.82, 2.24) is 10.6 Å². The summed E-state index contributed by atoms with van der Waals surface area (Å²) in [5, 5.41) is 34.4. The average molecular weight is 380 g/mol. The van der Waals surface area contributed by atoms with Gasteiger partial charge in [0.15, 0.2) is 6.29 Å². The summed E-state index contributed by atoms with van der Waals surface area (Å²) in [6.07, 6.45) is -3.06. The number of carbonyl (C=O) groups is 2. The molecule has 1 heterocycles. The Kier molecular flexibility index (Phi) is 10.3. The highest BCUT2D eigenvalue weighted by atomic mass is 32.1. The van der Waals surface area contributed by atoms with Crippen molar-refractivity contribution >= 4 is 24.4 Å². The zero-order valence-electron chi connectivity index (χ0n) is 14.3. The van der Waals surface area contributed by atoms with Gasteiger partial charge in [0.1, 0.15) is 24.4 Å². The van der Waals surface area contributed by atoms with Crippen LogP contribution < -0.4 is 10.6 Å². The zero-order valence-corrected chi connectivity index (χ0v) is 15.2. The molecule has 2 amide bonds. The lowest BCUT2D eigenvalue weighted by molar-refractivity contribution is -0.270. The van der Waals surface area contributed by atoms with Gasteiger partial charge in [-0.15, -0.1) is 0 Å². The van der Waals surface area contributed by atoms with Gasteiger partial charge < -0.3 is 35.4 Å². The van der Waals surface area contributed by atoms with E-state index < -0.39 is 43.2 Å². The van der Waals surface area contributed by atoms with Crippen LogP contribution in [0.15, 0.2) is 0 Å². The second-order valence-electron chi connectivity index (χ2n) is 5.83. The van der Waals surface area contributed by atoms with Gasteiger partial charge in [-0.1, -0.05) is 0 Å². The fourth-order valence-corrected chi connectivity index (χ4v) is 2.60. The van der Waals surface area contributed by atoms with Gasteiger partial charge in [-0.05, 0) is 18.6 Å². The number of rotatable bonds is 10. The van der Waals surface area contributed by atoms with E-state index in [1.807, 2.05) is 0 Å². The van der Waals surface area contributed by atoms with Crippen LogP contribution in [0.2, 0.25) is 0 Å². The summed E-state index contributed by atoms with van der Waals surface area (Å²) in [5.74, 6) is 0.186. The molecule has 9 nitrogen and oxygen atoms in total. The molecule has 1 rings (SSSR count). The predicted octanol–water partition coefficient (Wildman–Crippen LogP) is -1.84. The molecule has 0 aliphatic carbocycles. The summed E-state index contributed by atoms with van der Waals surface area (Å²) in [6.45, 7) is 1.40. The van der Waals surface area contributed by atoms with Crippen LogP contribution in [-0.4, -0.2) is 83.3 Å². The van der Waals surface area contributed by atoms with Crippen molar-refractivity contribution < 1.29 is 34.4 Å². The zero-order chi connectivity index (χ0) is 18.8. The Morgan fingerprint density at radius 2 is 1.96 bits per heavy atom. The first kappa shape index (κ1) is 22.1. The number of aliphatic hydroxyl groups is 3. The molecule has 0 bridgehead atoms. The summed E-state index contributed by atoms with van der Waals surface area (Å²) in [7, 11) is 0. The number of nitrogens with one attached hydrogen (secondary N) is 2. The SMILES string of the molecule is CC(=O)NC1C(OCCCNC(=O)CCCS)OC(CO)C(O)C1O. The van der Waals surface area contributed by atoms with Gasteiger partial charge in [-0.3, -0.25) is 9.59 Å². The molecule has 5 atom stereocenters. The Balaban J connectivity index is 2.44.